The fourth-order valence-electron chi connectivity index (χ4n) is 1.64. The van der Waals surface area contributed by atoms with Crippen molar-refractivity contribution < 1.29 is 9.18 Å². The van der Waals surface area contributed by atoms with E-state index in [1.807, 2.05) is 6.92 Å². The highest BCUT2D eigenvalue weighted by Crippen LogP contribution is 2.32. The Kier molecular flexibility index (Phi) is 6.38. The van der Waals surface area contributed by atoms with E-state index in [1.54, 1.807) is 6.92 Å². The summed E-state index contributed by atoms with van der Waals surface area (Å²) >= 11 is 11.9. The third kappa shape index (κ3) is 4.55. The summed E-state index contributed by atoms with van der Waals surface area (Å²) in [4.78, 5) is 11.6. The first-order chi connectivity index (χ1) is 8.97. The maximum Gasteiger partial charge on any atom is 0.315 e. The molecule has 106 valence electrons. The minimum atomic E-state index is -0.555. The molecular formula is C13H17Cl2FN2O. The van der Waals surface area contributed by atoms with Gasteiger partial charge in [0.25, 0.3) is 0 Å². The Bertz CT molecular complexity index is 455. The summed E-state index contributed by atoms with van der Waals surface area (Å²) in [5.41, 5.74) is 0.383. The Balaban J connectivity index is 2.70. The Morgan fingerprint density at radius 3 is 2.74 bits per heavy atom. The highest BCUT2D eigenvalue weighted by molar-refractivity contribution is 6.36. The zero-order valence-electron chi connectivity index (χ0n) is 10.9. The van der Waals surface area contributed by atoms with Crippen molar-refractivity contribution >= 4 is 29.2 Å². The van der Waals surface area contributed by atoms with Gasteiger partial charge in [-0.15, -0.1) is 0 Å². The molecule has 0 aliphatic rings. The maximum absolute atomic E-state index is 13.4. The fourth-order valence-corrected chi connectivity index (χ4v) is 2.34. The number of benzene rings is 1. The number of hydrogen-bond donors (Lipinski definition) is 2. The Labute approximate surface area is 122 Å². The number of hydrogen-bond acceptors (Lipinski definition) is 1. The quantitative estimate of drug-likeness (QED) is 0.618. The third-order valence-corrected chi connectivity index (χ3v) is 3.39. The molecule has 2 amide bonds. The van der Waals surface area contributed by atoms with Crippen LogP contribution in [0.4, 0.5) is 9.18 Å². The predicted octanol–water partition coefficient (Wildman–Crippen LogP) is 4.29. The van der Waals surface area contributed by atoms with Crippen molar-refractivity contribution in [1.82, 2.24) is 10.6 Å². The van der Waals surface area contributed by atoms with Gasteiger partial charge in [-0.3, -0.25) is 0 Å². The van der Waals surface area contributed by atoms with E-state index < -0.39 is 11.9 Å². The first-order valence-corrected chi connectivity index (χ1v) is 6.90. The lowest BCUT2D eigenvalue weighted by Crippen LogP contribution is -2.37. The van der Waals surface area contributed by atoms with Crippen LogP contribution in [0.5, 0.6) is 0 Å². The lowest BCUT2D eigenvalue weighted by atomic mass is 10.1. The van der Waals surface area contributed by atoms with E-state index in [0.29, 0.717) is 17.1 Å². The molecule has 6 heteroatoms. The highest BCUT2D eigenvalue weighted by atomic mass is 35.5. The SMILES string of the molecule is CCCCNC(=O)NC(C)c1c(Cl)ccc(F)c1Cl. The van der Waals surface area contributed by atoms with Gasteiger partial charge in [0.2, 0.25) is 0 Å². The van der Waals surface area contributed by atoms with Gasteiger partial charge in [-0.25, -0.2) is 9.18 Å². The second kappa shape index (κ2) is 7.56. The average Bonchev–Trinajstić information content (AvgIpc) is 2.34. The van der Waals surface area contributed by atoms with Crippen LogP contribution >= 0.6 is 23.2 Å². The van der Waals surface area contributed by atoms with Crippen molar-refractivity contribution in [3.05, 3.63) is 33.6 Å². The number of halogens is 3. The van der Waals surface area contributed by atoms with E-state index in [0.717, 1.165) is 12.8 Å². The molecule has 1 aromatic carbocycles. The number of amides is 2. The zero-order valence-corrected chi connectivity index (χ0v) is 12.4. The molecule has 1 aromatic rings. The van der Waals surface area contributed by atoms with Gasteiger partial charge < -0.3 is 10.6 Å². The molecule has 0 aliphatic heterocycles. The molecule has 2 N–H and O–H groups in total. The van der Waals surface area contributed by atoms with Crippen molar-refractivity contribution in [1.29, 1.82) is 0 Å². The maximum atomic E-state index is 13.4. The summed E-state index contributed by atoms with van der Waals surface area (Å²) in [5.74, 6) is -0.555. The molecule has 0 saturated heterocycles. The zero-order chi connectivity index (χ0) is 14.4. The van der Waals surface area contributed by atoms with Gasteiger partial charge >= 0.3 is 6.03 Å². The van der Waals surface area contributed by atoms with E-state index >= 15 is 0 Å². The topological polar surface area (TPSA) is 41.1 Å². The van der Waals surface area contributed by atoms with Gasteiger partial charge in [-0.05, 0) is 25.5 Å². The summed E-state index contributed by atoms with van der Waals surface area (Å²) in [6.45, 7) is 4.33. The number of nitrogens with one attached hydrogen (secondary N) is 2. The number of carbonyl (C=O) groups is 1. The average molecular weight is 307 g/mol. The monoisotopic (exact) mass is 306 g/mol. The molecule has 0 radical (unpaired) electrons. The van der Waals surface area contributed by atoms with Gasteiger partial charge in [0, 0.05) is 17.1 Å². The summed E-state index contributed by atoms with van der Waals surface area (Å²) < 4.78 is 13.4. The Morgan fingerprint density at radius 2 is 2.11 bits per heavy atom. The van der Waals surface area contributed by atoms with Crippen LogP contribution < -0.4 is 10.6 Å². The van der Waals surface area contributed by atoms with Gasteiger partial charge in [-0.1, -0.05) is 36.5 Å². The molecule has 0 aliphatic carbocycles. The van der Waals surface area contributed by atoms with Gasteiger partial charge in [0.1, 0.15) is 5.82 Å². The van der Waals surface area contributed by atoms with Crippen molar-refractivity contribution in [2.24, 2.45) is 0 Å². The second-order valence-electron chi connectivity index (χ2n) is 4.23. The molecule has 1 unspecified atom stereocenters. The van der Waals surface area contributed by atoms with E-state index in [-0.39, 0.29) is 11.1 Å². The molecule has 3 nitrogen and oxygen atoms in total. The number of rotatable bonds is 5. The van der Waals surface area contributed by atoms with Crippen LogP contribution in [-0.4, -0.2) is 12.6 Å². The molecule has 1 rings (SSSR count). The van der Waals surface area contributed by atoms with Crippen LogP contribution in [0, 0.1) is 5.82 Å². The number of unbranched alkanes of at least 4 members (excludes halogenated alkanes) is 1. The number of urea groups is 1. The minimum Gasteiger partial charge on any atom is -0.338 e. The van der Waals surface area contributed by atoms with Crippen molar-refractivity contribution in [3.63, 3.8) is 0 Å². The molecule has 0 spiro atoms. The normalized spacial score (nSPS) is 12.1. The molecule has 0 heterocycles. The van der Waals surface area contributed by atoms with Gasteiger partial charge in [0.15, 0.2) is 0 Å². The van der Waals surface area contributed by atoms with Crippen LogP contribution in [0.3, 0.4) is 0 Å². The summed E-state index contributed by atoms with van der Waals surface area (Å²) in [5, 5.41) is 5.65. The molecule has 1 atom stereocenters. The highest BCUT2D eigenvalue weighted by Gasteiger charge is 2.18. The second-order valence-corrected chi connectivity index (χ2v) is 5.02. The lowest BCUT2D eigenvalue weighted by molar-refractivity contribution is 0.238. The first kappa shape index (κ1) is 16.1. The van der Waals surface area contributed by atoms with Gasteiger partial charge in [0.05, 0.1) is 11.1 Å². The summed E-state index contributed by atoms with van der Waals surface area (Å²) in [6.07, 6.45) is 1.90. The molecule has 0 bridgehead atoms. The van der Waals surface area contributed by atoms with Gasteiger partial charge in [-0.2, -0.15) is 0 Å². The van der Waals surface area contributed by atoms with Crippen LogP contribution in [0.1, 0.15) is 38.3 Å². The van der Waals surface area contributed by atoms with E-state index in [1.165, 1.54) is 12.1 Å². The van der Waals surface area contributed by atoms with E-state index in [2.05, 4.69) is 10.6 Å². The lowest BCUT2D eigenvalue weighted by Gasteiger charge is -2.18. The largest absolute Gasteiger partial charge is 0.338 e. The molecule has 0 aromatic heterocycles. The van der Waals surface area contributed by atoms with Crippen LogP contribution in [0.25, 0.3) is 0 Å². The molecule has 0 saturated carbocycles. The van der Waals surface area contributed by atoms with E-state index in [9.17, 15) is 9.18 Å². The van der Waals surface area contributed by atoms with E-state index in [4.69, 9.17) is 23.2 Å². The predicted molar refractivity (Wildman–Crippen MR) is 76.3 cm³/mol. The van der Waals surface area contributed by atoms with Crippen LogP contribution in [0.15, 0.2) is 12.1 Å². The Morgan fingerprint density at radius 1 is 1.42 bits per heavy atom. The van der Waals surface area contributed by atoms with Crippen molar-refractivity contribution in [3.8, 4) is 0 Å². The molecule has 0 fully saturated rings. The molecular weight excluding hydrogens is 290 g/mol. The van der Waals surface area contributed by atoms with Crippen LogP contribution in [-0.2, 0) is 0 Å². The first-order valence-electron chi connectivity index (χ1n) is 6.15. The smallest absolute Gasteiger partial charge is 0.315 e. The Hall–Kier alpha value is -1.00. The fraction of sp³-hybridized carbons (Fsp3) is 0.462. The molecule has 19 heavy (non-hydrogen) atoms. The summed E-state index contributed by atoms with van der Waals surface area (Å²) in [7, 11) is 0. The van der Waals surface area contributed by atoms with Crippen molar-refractivity contribution in [2.75, 3.05) is 6.54 Å². The minimum absolute atomic E-state index is 0.0612. The van der Waals surface area contributed by atoms with Crippen LogP contribution in [0.2, 0.25) is 10.0 Å². The summed E-state index contributed by atoms with van der Waals surface area (Å²) in [6, 6.07) is 1.82. The third-order valence-electron chi connectivity index (χ3n) is 2.68. The van der Waals surface area contributed by atoms with Crippen molar-refractivity contribution in [2.45, 2.75) is 32.7 Å². The number of carbonyl (C=O) groups excluding carboxylic acids is 1. The standard InChI is InChI=1S/C13H17Cl2FN2O/c1-3-4-7-17-13(19)18-8(2)11-9(14)5-6-10(16)12(11)15/h5-6,8H,3-4,7H2,1-2H3,(H2,17,18,19).